The number of aliphatic imine (C=N–C) groups is 1. The summed E-state index contributed by atoms with van der Waals surface area (Å²) in [7, 11) is 0. The lowest BCUT2D eigenvalue weighted by Gasteiger charge is -2.29. The Morgan fingerprint density at radius 2 is 2.11 bits per heavy atom. The molecule has 0 saturated carbocycles. The maximum absolute atomic E-state index is 12.2. The van der Waals surface area contributed by atoms with Gasteiger partial charge < -0.3 is 25.0 Å². The molecular weight excluding hydrogens is 356 g/mol. The Balaban J connectivity index is 1.73. The van der Waals surface area contributed by atoms with Crippen molar-refractivity contribution in [2.75, 3.05) is 50.9 Å². The molecule has 0 unspecified atom stereocenters. The molecule has 156 valence electrons. The van der Waals surface area contributed by atoms with Crippen LogP contribution in [0.3, 0.4) is 0 Å². The van der Waals surface area contributed by atoms with Crippen LogP contribution in [0.25, 0.3) is 0 Å². The molecule has 7 heteroatoms. The first-order valence-electron chi connectivity index (χ1n) is 10.2. The number of para-hydroxylation sites is 2. The standard InChI is InChI=1S/C21H34N4O3/c1-4-22-21(24-12-8-14-27-15-17(2)3)23-11-7-13-25-18-9-5-6-10-19(18)28-16-20(25)26/h5-6,9-10,17H,4,7-8,11-16H2,1-3H3,(H2,22,23,24). The number of nitrogens with zero attached hydrogens (tertiary/aromatic N) is 2. The molecule has 1 heterocycles. The lowest BCUT2D eigenvalue weighted by atomic mass is 10.2. The lowest BCUT2D eigenvalue weighted by Crippen LogP contribution is -2.40. The molecule has 2 rings (SSSR count). The van der Waals surface area contributed by atoms with Crippen LogP contribution in [-0.2, 0) is 9.53 Å². The van der Waals surface area contributed by atoms with Crippen LogP contribution in [0.5, 0.6) is 5.75 Å². The molecule has 0 bridgehead atoms. The van der Waals surface area contributed by atoms with Crippen LogP contribution in [0, 0.1) is 5.92 Å². The summed E-state index contributed by atoms with van der Waals surface area (Å²) < 4.78 is 11.1. The molecule has 7 nitrogen and oxygen atoms in total. The van der Waals surface area contributed by atoms with E-state index in [2.05, 4.69) is 29.5 Å². The van der Waals surface area contributed by atoms with E-state index in [1.807, 2.05) is 31.2 Å². The Labute approximate surface area is 168 Å². The van der Waals surface area contributed by atoms with E-state index >= 15 is 0 Å². The lowest BCUT2D eigenvalue weighted by molar-refractivity contribution is -0.121. The summed E-state index contributed by atoms with van der Waals surface area (Å²) in [5.74, 6) is 2.13. The molecule has 0 fully saturated rings. The van der Waals surface area contributed by atoms with Gasteiger partial charge in [-0.15, -0.1) is 0 Å². The van der Waals surface area contributed by atoms with E-state index in [0.29, 0.717) is 19.0 Å². The minimum atomic E-state index is -0.00545. The highest BCUT2D eigenvalue weighted by atomic mass is 16.5. The first-order chi connectivity index (χ1) is 13.6. The van der Waals surface area contributed by atoms with Crippen LogP contribution in [0.15, 0.2) is 29.3 Å². The molecule has 1 aliphatic rings. The fourth-order valence-electron chi connectivity index (χ4n) is 2.86. The van der Waals surface area contributed by atoms with Crippen LogP contribution in [0.2, 0.25) is 0 Å². The van der Waals surface area contributed by atoms with Crippen molar-refractivity contribution in [3.8, 4) is 5.75 Å². The number of nitrogens with one attached hydrogen (secondary N) is 2. The number of hydrogen-bond donors (Lipinski definition) is 2. The van der Waals surface area contributed by atoms with E-state index in [4.69, 9.17) is 9.47 Å². The second-order valence-corrected chi connectivity index (χ2v) is 7.17. The second-order valence-electron chi connectivity index (χ2n) is 7.17. The highest BCUT2D eigenvalue weighted by Gasteiger charge is 2.24. The fraction of sp³-hybridized carbons (Fsp3) is 0.619. The van der Waals surface area contributed by atoms with Gasteiger partial charge in [-0.1, -0.05) is 26.0 Å². The molecule has 0 spiro atoms. The number of anilines is 1. The summed E-state index contributed by atoms with van der Waals surface area (Å²) in [6.45, 7) is 10.9. The van der Waals surface area contributed by atoms with Crippen LogP contribution in [-0.4, -0.2) is 57.9 Å². The third-order valence-electron chi connectivity index (χ3n) is 4.17. The van der Waals surface area contributed by atoms with Crippen molar-refractivity contribution in [3.63, 3.8) is 0 Å². The third-order valence-corrected chi connectivity index (χ3v) is 4.17. The summed E-state index contributed by atoms with van der Waals surface area (Å²) in [5, 5.41) is 6.58. The molecule has 1 aromatic carbocycles. The van der Waals surface area contributed by atoms with Crippen LogP contribution in [0.4, 0.5) is 5.69 Å². The summed E-state index contributed by atoms with van der Waals surface area (Å²) in [6, 6.07) is 7.65. The Morgan fingerprint density at radius 3 is 2.89 bits per heavy atom. The Hall–Kier alpha value is -2.28. The van der Waals surface area contributed by atoms with Gasteiger partial charge in [0.15, 0.2) is 12.6 Å². The van der Waals surface area contributed by atoms with Gasteiger partial charge in [0.2, 0.25) is 0 Å². The number of benzene rings is 1. The molecule has 1 aliphatic heterocycles. The molecule has 2 N–H and O–H groups in total. The van der Waals surface area contributed by atoms with Gasteiger partial charge >= 0.3 is 0 Å². The molecule has 1 aromatic rings. The molecule has 0 radical (unpaired) electrons. The highest BCUT2D eigenvalue weighted by molar-refractivity contribution is 5.97. The number of carbonyl (C=O) groups excluding carboxylic acids is 1. The zero-order chi connectivity index (χ0) is 20.2. The van der Waals surface area contributed by atoms with Crippen molar-refractivity contribution in [2.45, 2.75) is 33.6 Å². The Morgan fingerprint density at radius 1 is 1.29 bits per heavy atom. The molecule has 0 atom stereocenters. The van der Waals surface area contributed by atoms with Crippen molar-refractivity contribution in [2.24, 2.45) is 10.9 Å². The maximum atomic E-state index is 12.2. The van der Waals surface area contributed by atoms with Gasteiger partial charge in [0, 0.05) is 39.4 Å². The van der Waals surface area contributed by atoms with E-state index in [9.17, 15) is 4.79 Å². The van der Waals surface area contributed by atoms with Crippen LogP contribution in [0.1, 0.15) is 33.6 Å². The van der Waals surface area contributed by atoms with E-state index < -0.39 is 0 Å². The average Bonchev–Trinajstić information content (AvgIpc) is 2.68. The minimum Gasteiger partial charge on any atom is -0.482 e. The van der Waals surface area contributed by atoms with E-state index in [0.717, 1.165) is 56.5 Å². The van der Waals surface area contributed by atoms with E-state index in [1.54, 1.807) is 4.90 Å². The van der Waals surface area contributed by atoms with Crippen LogP contribution >= 0.6 is 0 Å². The van der Waals surface area contributed by atoms with Gasteiger partial charge in [-0.05, 0) is 37.8 Å². The number of fused-ring (bicyclic) bond motifs is 1. The number of guanidine groups is 1. The molecular formula is C21H34N4O3. The largest absolute Gasteiger partial charge is 0.482 e. The monoisotopic (exact) mass is 390 g/mol. The molecule has 0 saturated heterocycles. The number of rotatable bonds is 11. The van der Waals surface area contributed by atoms with Gasteiger partial charge in [0.05, 0.1) is 5.69 Å². The maximum Gasteiger partial charge on any atom is 0.265 e. The van der Waals surface area contributed by atoms with Crippen LogP contribution < -0.4 is 20.3 Å². The summed E-state index contributed by atoms with van der Waals surface area (Å²) in [4.78, 5) is 18.6. The normalized spacial score (nSPS) is 14.1. The second kappa shape index (κ2) is 12.2. The van der Waals surface area contributed by atoms with E-state index in [-0.39, 0.29) is 12.5 Å². The highest BCUT2D eigenvalue weighted by Crippen LogP contribution is 2.31. The van der Waals surface area contributed by atoms with Crippen molar-refractivity contribution in [3.05, 3.63) is 24.3 Å². The average molecular weight is 391 g/mol. The number of ether oxygens (including phenoxy) is 2. The first kappa shape index (κ1) is 22.0. The first-order valence-corrected chi connectivity index (χ1v) is 10.2. The number of carbonyl (C=O) groups is 1. The third kappa shape index (κ3) is 7.38. The summed E-state index contributed by atoms with van der Waals surface area (Å²) >= 11 is 0. The van der Waals surface area contributed by atoms with Gasteiger partial charge in [-0.3, -0.25) is 9.79 Å². The molecule has 1 amide bonds. The summed E-state index contributed by atoms with van der Waals surface area (Å²) in [5.41, 5.74) is 0.842. The van der Waals surface area contributed by atoms with Gasteiger partial charge in [0.25, 0.3) is 5.91 Å². The SMILES string of the molecule is CCNC(=NCCCN1C(=O)COc2ccccc21)NCCCOCC(C)C. The predicted molar refractivity (Wildman–Crippen MR) is 113 cm³/mol. The quantitative estimate of drug-likeness (QED) is 0.345. The smallest absolute Gasteiger partial charge is 0.265 e. The van der Waals surface area contributed by atoms with Crippen molar-refractivity contribution < 1.29 is 14.3 Å². The number of hydrogen-bond acceptors (Lipinski definition) is 4. The van der Waals surface area contributed by atoms with E-state index in [1.165, 1.54) is 0 Å². The topological polar surface area (TPSA) is 75.2 Å². The predicted octanol–water partition coefficient (Wildman–Crippen LogP) is 2.42. The molecule has 0 aliphatic carbocycles. The zero-order valence-electron chi connectivity index (χ0n) is 17.4. The van der Waals surface area contributed by atoms with Gasteiger partial charge in [-0.25, -0.2) is 0 Å². The van der Waals surface area contributed by atoms with Gasteiger partial charge in [0.1, 0.15) is 5.75 Å². The Bertz CT molecular complexity index is 634. The summed E-state index contributed by atoms with van der Waals surface area (Å²) in [6.07, 6.45) is 1.73. The fourth-order valence-corrected chi connectivity index (χ4v) is 2.86. The number of amides is 1. The zero-order valence-corrected chi connectivity index (χ0v) is 17.4. The van der Waals surface area contributed by atoms with Crippen molar-refractivity contribution in [1.29, 1.82) is 0 Å². The molecule has 0 aromatic heterocycles. The Kier molecular flexibility index (Phi) is 9.62. The van der Waals surface area contributed by atoms with Gasteiger partial charge in [-0.2, -0.15) is 0 Å². The molecule has 28 heavy (non-hydrogen) atoms. The van der Waals surface area contributed by atoms with Crippen molar-refractivity contribution >= 4 is 17.6 Å². The minimum absolute atomic E-state index is 0.00545. The van der Waals surface area contributed by atoms with Crippen molar-refractivity contribution in [1.82, 2.24) is 10.6 Å².